The number of hydrogen-bond donors (Lipinski definition) is 3. The maximum Gasteiger partial charge on any atom is 0.236 e. The molecule has 3 aromatic rings. The largest absolute Gasteiger partial charge is 0.480 e. The molecule has 0 saturated heterocycles. The van der Waals surface area contributed by atoms with E-state index in [9.17, 15) is 13.6 Å². The molecule has 1 aromatic carbocycles. The summed E-state index contributed by atoms with van der Waals surface area (Å²) in [6.07, 6.45) is 6.78. The molecular formula is C23H25F2N7O2S. The summed E-state index contributed by atoms with van der Waals surface area (Å²) in [7, 11) is 1.44. The molecule has 2 aliphatic rings. The molecule has 1 amide bonds. The quantitative estimate of drug-likeness (QED) is 0.450. The first-order valence-electron chi connectivity index (χ1n) is 11.4. The van der Waals surface area contributed by atoms with Gasteiger partial charge in [-0.05, 0) is 25.7 Å². The number of carbonyl (C=O) groups is 1. The maximum absolute atomic E-state index is 14.6. The number of nitrogens with zero attached hydrogens (tertiary/aromatic N) is 4. The van der Waals surface area contributed by atoms with Crippen LogP contribution in [0, 0.1) is 11.6 Å². The summed E-state index contributed by atoms with van der Waals surface area (Å²) in [5, 5.41) is 10.4. The maximum atomic E-state index is 14.6. The van der Waals surface area contributed by atoms with Gasteiger partial charge in [0.05, 0.1) is 31.0 Å². The lowest BCUT2D eigenvalue weighted by Gasteiger charge is -2.30. The highest BCUT2D eigenvalue weighted by atomic mass is 32.2. The molecule has 0 radical (unpaired) electrons. The number of amides is 1. The molecule has 0 spiro atoms. The minimum atomic E-state index is -0.743. The van der Waals surface area contributed by atoms with E-state index in [1.165, 1.54) is 25.1 Å². The van der Waals surface area contributed by atoms with Gasteiger partial charge >= 0.3 is 0 Å². The lowest BCUT2D eigenvalue weighted by atomic mass is 9.91. The van der Waals surface area contributed by atoms with E-state index in [4.69, 9.17) is 4.74 Å². The lowest BCUT2D eigenvalue weighted by molar-refractivity contribution is -0.113. The number of halogens is 2. The molecule has 1 fully saturated rings. The Labute approximate surface area is 204 Å². The number of rotatable bonds is 7. The van der Waals surface area contributed by atoms with E-state index in [0.29, 0.717) is 24.2 Å². The molecule has 1 aliphatic heterocycles. The van der Waals surface area contributed by atoms with Crippen molar-refractivity contribution in [3.63, 3.8) is 0 Å². The molecule has 3 heterocycles. The summed E-state index contributed by atoms with van der Waals surface area (Å²) in [5.41, 5.74) is 1.26. The van der Waals surface area contributed by atoms with Crippen molar-refractivity contribution in [1.29, 1.82) is 0 Å². The summed E-state index contributed by atoms with van der Waals surface area (Å²) in [6, 6.07) is 1.39. The van der Waals surface area contributed by atoms with Crippen molar-refractivity contribution in [1.82, 2.24) is 30.6 Å². The van der Waals surface area contributed by atoms with Gasteiger partial charge in [-0.3, -0.25) is 4.79 Å². The predicted molar refractivity (Wildman–Crippen MR) is 127 cm³/mol. The normalized spacial score (nSPS) is 19.9. The molecule has 35 heavy (non-hydrogen) atoms. The van der Waals surface area contributed by atoms with Gasteiger partial charge in [0.2, 0.25) is 11.8 Å². The number of aromatic nitrogens is 4. The number of thioether (sulfide) groups is 1. The number of methoxy groups -OCH3 is 1. The van der Waals surface area contributed by atoms with Crippen LogP contribution in [0.25, 0.3) is 11.0 Å². The Kier molecular flexibility index (Phi) is 7.02. The van der Waals surface area contributed by atoms with Gasteiger partial charge in [-0.25, -0.2) is 28.7 Å². The first kappa shape index (κ1) is 23.8. The number of nitrogens with one attached hydrogen (secondary N) is 3. The van der Waals surface area contributed by atoms with Gasteiger partial charge in [0.1, 0.15) is 21.9 Å². The average Bonchev–Trinajstić information content (AvgIpc) is 2.87. The number of carbonyl (C=O) groups excluding carboxylic acids is 1. The van der Waals surface area contributed by atoms with Crippen LogP contribution in [0.2, 0.25) is 0 Å². The molecule has 0 bridgehead atoms. The number of ether oxygens (including phenoxy) is 1. The van der Waals surface area contributed by atoms with Crippen LogP contribution in [0.3, 0.4) is 0 Å². The summed E-state index contributed by atoms with van der Waals surface area (Å²) in [6.45, 7) is 0.790. The molecule has 1 aliphatic carbocycles. The van der Waals surface area contributed by atoms with E-state index in [1.54, 1.807) is 6.20 Å². The monoisotopic (exact) mass is 501 g/mol. The highest BCUT2D eigenvalue weighted by molar-refractivity contribution is 8.00. The fourth-order valence-electron chi connectivity index (χ4n) is 4.39. The van der Waals surface area contributed by atoms with Gasteiger partial charge < -0.3 is 20.7 Å². The summed E-state index contributed by atoms with van der Waals surface area (Å²) < 4.78 is 33.8. The Morgan fingerprint density at radius 2 is 1.77 bits per heavy atom. The minimum Gasteiger partial charge on any atom is -0.480 e. The average molecular weight is 502 g/mol. The Balaban J connectivity index is 1.15. The molecule has 12 heteroatoms. The molecule has 0 unspecified atom stereocenters. The van der Waals surface area contributed by atoms with Crippen molar-refractivity contribution >= 4 is 34.5 Å². The van der Waals surface area contributed by atoms with E-state index >= 15 is 0 Å². The highest BCUT2D eigenvalue weighted by Gasteiger charge is 2.23. The van der Waals surface area contributed by atoms with Crippen LogP contribution in [0.5, 0.6) is 5.88 Å². The molecule has 9 nitrogen and oxygen atoms in total. The van der Waals surface area contributed by atoms with E-state index in [0.717, 1.165) is 42.5 Å². The second kappa shape index (κ2) is 10.3. The zero-order valence-electron chi connectivity index (χ0n) is 19.1. The van der Waals surface area contributed by atoms with Crippen LogP contribution in [0.15, 0.2) is 23.5 Å². The number of benzene rings is 1. The van der Waals surface area contributed by atoms with Gasteiger partial charge in [0, 0.05) is 36.8 Å². The van der Waals surface area contributed by atoms with Crippen LogP contribution < -0.4 is 20.7 Å². The van der Waals surface area contributed by atoms with Crippen molar-refractivity contribution in [2.45, 2.75) is 55.9 Å². The third kappa shape index (κ3) is 5.34. The second-order valence-electron chi connectivity index (χ2n) is 8.59. The molecule has 3 N–H and O–H groups in total. The van der Waals surface area contributed by atoms with Crippen LogP contribution in [-0.2, 0) is 17.9 Å². The Bertz CT molecular complexity index is 1250. The van der Waals surface area contributed by atoms with E-state index in [2.05, 4.69) is 35.9 Å². The molecule has 5 rings (SSSR count). The number of fused-ring (bicyclic) bond motifs is 2. The Morgan fingerprint density at radius 3 is 2.51 bits per heavy atom. The zero-order chi connectivity index (χ0) is 24.4. The number of hydrogen-bond acceptors (Lipinski definition) is 9. The molecule has 0 atom stereocenters. The van der Waals surface area contributed by atoms with E-state index in [1.807, 2.05) is 0 Å². The minimum absolute atomic E-state index is 0.0281. The first-order chi connectivity index (χ1) is 17.0. The smallest absolute Gasteiger partial charge is 0.236 e. The summed E-state index contributed by atoms with van der Waals surface area (Å²) in [4.78, 5) is 28.7. The third-order valence-electron chi connectivity index (χ3n) is 6.27. The van der Waals surface area contributed by atoms with Crippen LogP contribution >= 0.6 is 11.8 Å². The summed E-state index contributed by atoms with van der Waals surface area (Å²) >= 11 is 1.39. The van der Waals surface area contributed by atoms with Crippen LogP contribution in [0.4, 0.5) is 14.6 Å². The third-order valence-corrected chi connectivity index (χ3v) is 7.25. The van der Waals surface area contributed by atoms with Crippen molar-refractivity contribution in [3.8, 4) is 5.88 Å². The Morgan fingerprint density at radius 1 is 1.03 bits per heavy atom. The van der Waals surface area contributed by atoms with Crippen molar-refractivity contribution < 1.29 is 18.3 Å². The highest BCUT2D eigenvalue weighted by Crippen LogP contribution is 2.28. The van der Waals surface area contributed by atoms with Crippen molar-refractivity contribution in [2.75, 3.05) is 18.2 Å². The Hall–Kier alpha value is -2.96. The first-order valence-corrected chi connectivity index (χ1v) is 12.4. The van der Waals surface area contributed by atoms with E-state index < -0.39 is 11.6 Å². The van der Waals surface area contributed by atoms with Gasteiger partial charge in [0.25, 0.3) is 0 Å². The molecule has 2 aromatic heterocycles. The number of anilines is 1. The molecule has 184 valence electrons. The van der Waals surface area contributed by atoms with Gasteiger partial charge in [-0.1, -0.05) is 11.8 Å². The molecular weight excluding hydrogens is 476 g/mol. The standard InChI is InChI=1S/C23H25F2N7O2S/c1-34-19-10-28-21-17(25)6-16(24)15(20(21)32-19)9-27-13-4-2-12(3-5-13)26-7-14-8-29-23-22(30-14)31-18(33)11-35-23/h6,8,10,12-13,26-27H,2-5,7,9,11H2,1H3,(H,30,31,33)/t12-,13-. The second-order valence-corrected chi connectivity index (χ2v) is 9.55. The van der Waals surface area contributed by atoms with Crippen molar-refractivity contribution in [3.05, 3.63) is 41.4 Å². The fourth-order valence-corrected chi connectivity index (χ4v) is 5.09. The predicted octanol–water partition coefficient (Wildman–Crippen LogP) is 2.94. The molecule has 1 saturated carbocycles. The van der Waals surface area contributed by atoms with Gasteiger partial charge in [-0.2, -0.15) is 0 Å². The van der Waals surface area contributed by atoms with Gasteiger partial charge in [0.15, 0.2) is 11.6 Å². The summed E-state index contributed by atoms with van der Waals surface area (Å²) in [5.74, 6) is -0.356. The fraction of sp³-hybridized carbons (Fsp3) is 0.435. The van der Waals surface area contributed by atoms with Crippen LogP contribution in [0.1, 0.15) is 36.9 Å². The lowest BCUT2D eigenvalue weighted by Crippen LogP contribution is -2.39. The van der Waals surface area contributed by atoms with Crippen LogP contribution in [-0.4, -0.2) is 50.8 Å². The van der Waals surface area contributed by atoms with E-state index in [-0.39, 0.29) is 41.0 Å². The van der Waals surface area contributed by atoms with Gasteiger partial charge in [-0.15, -0.1) is 0 Å². The van der Waals surface area contributed by atoms with Crippen molar-refractivity contribution in [2.24, 2.45) is 0 Å². The zero-order valence-corrected chi connectivity index (χ0v) is 19.9. The SMILES string of the molecule is COc1cnc2c(F)cc(F)c(CN[C@H]3CC[C@H](NCc4cnc5c(n4)NC(=O)CS5)CC3)c2n1. The topological polar surface area (TPSA) is 114 Å².